The molecule has 29 heavy (non-hydrogen) atoms. The van der Waals surface area contributed by atoms with Crippen LogP contribution in [0.4, 0.5) is 4.39 Å². The van der Waals surface area contributed by atoms with E-state index in [0.717, 1.165) is 23.9 Å². The molecule has 4 rings (SSSR count). The molecule has 0 radical (unpaired) electrons. The van der Waals surface area contributed by atoms with Crippen LogP contribution in [0.2, 0.25) is 0 Å². The molecular formula is C22H25FN4O2. The number of aromatic nitrogens is 2. The summed E-state index contributed by atoms with van der Waals surface area (Å²) in [7, 11) is 0. The maximum Gasteiger partial charge on any atom is 0.268 e. The standard InChI is InChI=1S/C22H25FN4O2/c23-18-6-4-16(5-7-18)14-25-22(28)20-13-17-12-19(15-24-21(17)26-20)29-11-3-10-27-8-1-2-9-27/h4-7,12-13,15H,1-3,8-11,14H2,(H,24,26)(H,25,28). The SMILES string of the molecule is O=C(NCc1ccc(F)cc1)c1cc2cc(OCCCN3CCCC3)cnc2[nH]1. The van der Waals surface area contributed by atoms with Gasteiger partial charge in [-0.3, -0.25) is 4.79 Å². The minimum absolute atomic E-state index is 0.236. The van der Waals surface area contributed by atoms with Crippen LogP contribution in [0.3, 0.4) is 0 Å². The maximum absolute atomic E-state index is 13.0. The second-order valence-corrected chi connectivity index (χ2v) is 7.35. The number of rotatable bonds is 8. The van der Waals surface area contributed by atoms with Crippen LogP contribution in [0.25, 0.3) is 11.0 Å². The van der Waals surface area contributed by atoms with Crippen molar-refractivity contribution >= 4 is 16.9 Å². The number of amides is 1. The number of ether oxygens (including phenoxy) is 1. The lowest BCUT2D eigenvalue weighted by atomic mass is 10.2. The Balaban J connectivity index is 1.31. The predicted octanol–water partition coefficient (Wildman–Crippen LogP) is 3.50. The van der Waals surface area contributed by atoms with Gasteiger partial charge in [0.15, 0.2) is 0 Å². The summed E-state index contributed by atoms with van der Waals surface area (Å²) in [6.45, 7) is 4.44. The first-order valence-corrected chi connectivity index (χ1v) is 10.0. The number of hydrogen-bond acceptors (Lipinski definition) is 4. The zero-order chi connectivity index (χ0) is 20.1. The van der Waals surface area contributed by atoms with Crippen LogP contribution < -0.4 is 10.1 Å². The number of likely N-dealkylation sites (tertiary alicyclic amines) is 1. The Kier molecular flexibility index (Phi) is 6.05. The highest BCUT2D eigenvalue weighted by Gasteiger charge is 2.12. The molecule has 7 heteroatoms. The molecule has 3 heterocycles. The summed E-state index contributed by atoms with van der Waals surface area (Å²) in [6, 6.07) is 9.71. The first kappa shape index (κ1) is 19.4. The minimum atomic E-state index is -0.296. The molecule has 1 amide bonds. The first-order chi connectivity index (χ1) is 14.2. The van der Waals surface area contributed by atoms with Crippen molar-refractivity contribution in [2.45, 2.75) is 25.8 Å². The van der Waals surface area contributed by atoms with Gasteiger partial charge in [-0.15, -0.1) is 0 Å². The number of nitrogens with zero attached hydrogens (tertiary/aromatic N) is 2. The van der Waals surface area contributed by atoms with Crippen molar-refractivity contribution in [3.8, 4) is 5.75 Å². The molecule has 2 N–H and O–H groups in total. The highest BCUT2D eigenvalue weighted by molar-refractivity contribution is 5.97. The van der Waals surface area contributed by atoms with Gasteiger partial charge >= 0.3 is 0 Å². The lowest BCUT2D eigenvalue weighted by Crippen LogP contribution is -2.23. The summed E-state index contributed by atoms with van der Waals surface area (Å²) in [6.07, 6.45) is 5.26. The van der Waals surface area contributed by atoms with Crippen molar-refractivity contribution in [1.82, 2.24) is 20.2 Å². The second kappa shape index (κ2) is 9.05. The third-order valence-corrected chi connectivity index (χ3v) is 5.14. The van der Waals surface area contributed by atoms with Crippen LogP contribution >= 0.6 is 0 Å². The van der Waals surface area contributed by atoms with Crippen LogP contribution in [0, 0.1) is 5.82 Å². The van der Waals surface area contributed by atoms with Gasteiger partial charge in [0, 0.05) is 18.5 Å². The van der Waals surface area contributed by atoms with Crippen molar-refractivity contribution in [2.75, 3.05) is 26.2 Å². The third-order valence-electron chi connectivity index (χ3n) is 5.14. The van der Waals surface area contributed by atoms with Gasteiger partial charge in [-0.25, -0.2) is 9.37 Å². The average molecular weight is 396 g/mol. The topological polar surface area (TPSA) is 70.2 Å². The van der Waals surface area contributed by atoms with Gasteiger partial charge in [-0.2, -0.15) is 0 Å². The molecule has 1 aliphatic heterocycles. The normalized spacial score (nSPS) is 14.4. The highest BCUT2D eigenvalue weighted by Crippen LogP contribution is 2.20. The minimum Gasteiger partial charge on any atom is -0.492 e. The second-order valence-electron chi connectivity index (χ2n) is 7.35. The molecule has 1 aliphatic rings. The van der Waals surface area contributed by atoms with Crippen LogP contribution in [0.5, 0.6) is 5.75 Å². The van der Waals surface area contributed by atoms with Crippen LogP contribution in [-0.4, -0.2) is 47.0 Å². The van der Waals surface area contributed by atoms with E-state index in [-0.39, 0.29) is 11.7 Å². The average Bonchev–Trinajstić information content (AvgIpc) is 3.40. The molecule has 0 saturated carbocycles. The van der Waals surface area contributed by atoms with E-state index in [9.17, 15) is 9.18 Å². The lowest BCUT2D eigenvalue weighted by Gasteiger charge is -2.14. The van der Waals surface area contributed by atoms with Crippen molar-refractivity contribution in [1.29, 1.82) is 0 Å². The van der Waals surface area contributed by atoms with E-state index in [1.54, 1.807) is 24.4 Å². The van der Waals surface area contributed by atoms with Gasteiger partial charge in [-0.1, -0.05) is 12.1 Å². The summed E-state index contributed by atoms with van der Waals surface area (Å²) in [5, 5.41) is 3.65. The summed E-state index contributed by atoms with van der Waals surface area (Å²) in [4.78, 5) is 22.2. The van der Waals surface area contributed by atoms with Crippen LogP contribution in [0.1, 0.15) is 35.3 Å². The molecule has 1 aromatic carbocycles. The van der Waals surface area contributed by atoms with E-state index in [2.05, 4.69) is 20.2 Å². The molecule has 0 aliphatic carbocycles. The van der Waals surface area contributed by atoms with Gasteiger partial charge in [0.2, 0.25) is 0 Å². The van der Waals surface area contributed by atoms with E-state index in [4.69, 9.17) is 4.74 Å². The number of benzene rings is 1. The van der Waals surface area contributed by atoms with Crippen molar-refractivity contribution in [3.63, 3.8) is 0 Å². The Bertz CT molecular complexity index is 965. The van der Waals surface area contributed by atoms with Crippen molar-refractivity contribution < 1.29 is 13.9 Å². The molecule has 3 aromatic rings. The highest BCUT2D eigenvalue weighted by atomic mass is 19.1. The fourth-order valence-corrected chi connectivity index (χ4v) is 3.56. The molecule has 0 unspecified atom stereocenters. The monoisotopic (exact) mass is 396 g/mol. The summed E-state index contributed by atoms with van der Waals surface area (Å²) >= 11 is 0. The largest absolute Gasteiger partial charge is 0.492 e. The number of pyridine rings is 1. The van der Waals surface area contributed by atoms with Gasteiger partial charge in [0.1, 0.15) is 22.9 Å². The number of aromatic amines is 1. The third kappa shape index (κ3) is 5.12. The molecule has 152 valence electrons. The van der Waals surface area contributed by atoms with E-state index in [1.807, 2.05) is 6.07 Å². The Morgan fingerprint density at radius 1 is 1.21 bits per heavy atom. The fourth-order valence-electron chi connectivity index (χ4n) is 3.56. The molecule has 0 atom stereocenters. The smallest absolute Gasteiger partial charge is 0.268 e. The molecule has 2 aromatic heterocycles. The Hall–Kier alpha value is -2.93. The zero-order valence-electron chi connectivity index (χ0n) is 16.3. The number of carbonyl (C=O) groups is 1. The first-order valence-electron chi connectivity index (χ1n) is 10.0. The van der Waals surface area contributed by atoms with Crippen LogP contribution in [0.15, 0.2) is 42.6 Å². The zero-order valence-corrected chi connectivity index (χ0v) is 16.3. The predicted molar refractivity (Wildman–Crippen MR) is 109 cm³/mol. The van der Waals surface area contributed by atoms with E-state index >= 15 is 0 Å². The molecule has 6 nitrogen and oxygen atoms in total. The summed E-state index contributed by atoms with van der Waals surface area (Å²) in [5.74, 6) is 0.174. The number of fused-ring (bicyclic) bond motifs is 1. The maximum atomic E-state index is 13.0. The molecule has 0 bridgehead atoms. The number of halogens is 1. The van der Waals surface area contributed by atoms with E-state index < -0.39 is 0 Å². The van der Waals surface area contributed by atoms with E-state index in [1.165, 1.54) is 38.1 Å². The lowest BCUT2D eigenvalue weighted by molar-refractivity contribution is 0.0946. The summed E-state index contributed by atoms with van der Waals surface area (Å²) in [5.41, 5.74) is 1.90. The van der Waals surface area contributed by atoms with Crippen molar-refractivity contribution in [2.24, 2.45) is 0 Å². The number of carbonyl (C=O) groups excluding carboxylic acids is 1. The molecule has 1 saturated heterocycles. The quantitative estimate of drug-likeness (QED) is 0.572. The van der Waals surface area contributed by atoms with Gasteiger partial charge in [0.25, 0.3) is 5.91 Å². The van der Waals surface area contributed by atoms with Crippen LogP contribution in [-0.2, 0) is 6.54 Å². The Morgan fingerprint density at radius 3 is 2.79 bits per heavy atom. The number of H-pyrrole nitrogens is 1. The Morgan fingerprint density at radius 2 is 2.00 bits per heavy atom. The molecule has 1 fully saturated rings. The van der Waals surface area contributed by atoms with E-state index in [0.29, 0.717) is 30.2 Å². The van der Waals surface area contributed by atoms with Gasteiger partial charge < -0.3 is 19.9 Å². The number of hydrogen-bond donors (Lipinski definition) is 2. The molecular weight excluding hydrogens is 371 g/mol. The fraction of sp³-hybridized carbons (Fsp3) is 0.364. The van der Waals surface area contributed by atoms with Crippen molar-refractivity contribution in [3.05, 3.63) is 59.7 Å². The number of nitrogens with one attached hydrogen (secondary N) is 2. The van der Waals surface area contributed by atoms with Gasteiger partial charge in [-0.05, 0) is 62.2 Å². The molecule has 0 spiro atoms. The summed E-state index contributed by atoms with van der Waals surface area (Å²) < 4.78 is 18.8. The Labute approximate surface area is 169 Å². The van der Waals surface area contributed by atoms with Gasteiger partial charge in [0.05, 0.1) is 12.8 Å².